The Labute approximate surface area is 160 Å². The van der Waals surface area contributed by atoms with Gasteiger partial charge < -0.3 is 4.90 Å². The van der Waals surface area contributed by atoms with Crippen LogP contribution in [-0.4, -0.2) is 42.3 Å². The van der Waals surface area contributed by atoms with Gasteiger partial charge in [-0.05, 0) is 13.8 Å². The molecule has 2 rings (SSSR count). The molecule has 1 N–H and O–H groups in total. The number of aryl methyl sites for hydroxylation is 1. The number of hydrogen-bond donors (Lipinski definition) is 1. The highest BCUT2D eigenvalue weighted by molar-refractivity contribution is 7.89. The normalized spacial score (nSPS) is 11.3. The first-order valence-electron chi connectivity index (χ1n) is 7.87. The summed E-state index contributed by atoms with van der Waals surface area (Å²) in [6.45, 7) is 2.61. The molecule has 0 aliphatic carbocycles. The largest absolute Gasteiger partial charge is 0.363 e. The Hall–Kier alpha value is -3.19. The molecular weight excluding hydrogens is 392 g/mol. The van der Waals surface area contributed by atoms with Crippen LogP contribution >= 0.6 is 0 Å². The summed E-state index contributed by atoms with van der Waals surface area (Å²) in [4.78, 5) is 30.0. The van der Waals surface area contributed by atoms with Crippen molar-refractivity contribution in [1.29, 1.82) is 0 Å². The van der Waals surface area contributed by atoms with Crippen LogP contribution in [0.4, 0.5) is 17.2 Å². The maximum absolute atomic E-state index is 12.5. The highest BCUT2D eigenvalue weighted by Gasteiger charge is 2.28. The summed E-state index contributed by atoms with van der Waals surface area (Å²) in [6.07, 6.45) is 0. The van der Waals surface area contributed by atoms with Crippen molar-refractivity contribution in [1.82, 2.24) is 14.7 Å². The van der Waals surface area contributed by atoms with Crippen LogP contribution in [0.3, 0.4) is 0 Å². The molecule has 13 heteroatoms. The van der Waals surface area contributed by atoms with Crippen molar-refractivity contribution in [3.63, 3.8) is 0 Å². The molecule has 0 saturated heterocycles. The zero-order chi connectivity index (χ0) is 21.2. The van der Waals surface area contributed by atoms with E-state index in [0.29, 0.717) is 11.5 Å². The molecule has 28 heavy (non-hydrogen) atoms. The van der Waals surface area contributed by atoms with Gasteiger partial charge in [0.15, 0.2) is 0 Å². The number of nitrogens with zero attached hydrogens (tertiary/aromatic N) is 5. The van der Waals surface area contributed by atoms with Crippen molar-refractivity contribution in [2.45, 2.75) is 25.3 Å². The third kappa shape index (κ3) is 4.55. The molecule has 0 unspecified atom stereocenters. The lowest BCUT2D eigenvalue weighted by Gasteiger charge is -2.13. The molecule has 0 aliphatic rings. The molecule has 1 aromatic heterocycles. The molecule has 1 aromatic carbocycles. The van der Waals surface area contributed by atoms with E-state index in [4.69, 9.17) is 0 Å². The van der Waals surface area contributed by atoms with E-state index >= 15 is 0 Å². The Kier molecular flexibility index (Phi) is 5.89. The zero-order valence-corrected chi connectivity index (χ0v) is 16.3. The number of nitro groups is 2. The fourth-order valence-electron chi connectivity index (χ4n) is 2.36. The molecule has 0 amide bonds. The number of benzene rings is 1. The lowest BCUT2D eigenvalue weighted by molar-refractivity contribution is -0.395. The maximum atomic E-state index is 12.5. The van der Waals surface area contributed by atoms with Gasteiger partial charge in [0.25, 0.3) is 11.4 Å². The number of hydrogen-bond acceptors (Lipinski definition) is 9. The smallest absolute Gasteiger partial charge is 0.280 e. The average molecular weight is 410 g/mol. The van der Waals surface area contributed by atoms with Gasteiger partial charge in [-0.2, -0.15) is 0 Å². The lowest BCUT2D eigenvalue weighted by atomic mass is 10.1. The minimum atomic E-state index is -4.29. The summed E-state index contributed by atoms with van der Waals surface area (Å²) in [5, 5.41) is 22.3. The average Bonchev–Trinajstić information content (AvgIpc) is 2.59. The highest BCUT2D eigenvalue weighted by atomic mass is 32.2. The van der Waals surface area contributed by atoms with Crippen LogP contribution < -0.4 is 9.62 Å². The summed E-state index contributed by atoms with van der Waals surface area (Å²) in [5.74, 6) is 0.756. The minimum Gasteiger partial charge on any atom is -0.363 e. The fraction of sp³-hybridized carbons (Fsp3) is 0.333. The number of anilines is 1. The van der Waals surface area contributed by atoms with Gasteiger partial charge in [-0.3, -0.25) is 20.2 Å². The molecule has 0 atom stereocenters. The number of nitro benzene ring substituents is 2. The van der Waals surface area contributed by atoms with Crippen molar-refractivity contribution < 1.29 is 18.3 Å². The van der Waals surface area contributed by atoms with E-state index in [1.807, 2.05) is 0 Å². The van der Waals surface area contributed by atoms with Gasteiger partial charge in [0.1, 0.15) is 17.2 Å². The summed E-state index contributed by atoms with van der Waals surface area (Å²) >= 11 is 0. The van der Waals surface area contributed by atoms with E-state index in [9.17, 15) is 28.6 Å². The van der Waals surface area contributed by atoms with E-state index in [1.54, 1.807) is 32.0 Å². The van der Waals surface area contributed by atoms with Crippen molar-refractivity contribution in [2.24, 2.45) is 0 Å². The van der Waals surface area contributed by atoms with Crippen LogP contribution in [0.2, 0.25) is 0 Å². The Balaban J connectivity index is 2.40. The van der Waals surface area contributed by atoms with E-state index in [2.05, 4.69) is 14.7 Å². The van der Waals surface area contributed by atoms with Crippen molar-refractivity contribution in [3.8, 4) is 0 Å². The molecule has 0 aliphatic heterocycles. The molecule has 0 radical (unpaired) electrons. The second kappa shape index (κ2) is 7.82. The van der Waals surface area contributed by atoms with E-state index < -0.39 is 36.1 Å². The molecule has 0 bridgehead atoms. The first-order valence-corrected chi connectivity index (χ1v) is 9.35. The molecule has 150 valence electrons. The van der Waals surface area contributed by atoms with E-state index in [-0.39, 0.29) is 17.9 Å². The lowest BCUT2D eigenvalue weighted by Crippen LogP contribution is -2.25. The van der Waals surface area contributed by atoms with Gasteiger partial charge in [-0.1, -0.05) is 0 Å². The van der Waals surface area contributed by atoms with Crippen LogP contribution in [-0.2, 0) is 16.6 Å². The van der Waals surface area contributed by atoms with Gasteiger partial charge in [-0.15, -0.1) is 0 Å². The molecule has 2 aromatic rings. The molecule has 0 fully saturated rings. The Bertz CT molecular complexity index is 1020. The van der Waals surface area contributed by atoms with Crippen LogP contribution in [0, 0.1) is 34.1 Å². The van der Waals surface area contributed by atoms with Crippen LogP contribution in [0.25, 0.3) is 0 Å². The summed E-state index contributed by atoms with van der Waals surface area (Å²) in [7, 11) is -0.757. The molecule has 0 saturated carbocycles. The molecule has 1 heterocycles. The van der Waals surface area contributed by atoms with Gasteiger partial charge in [-0.25, -0.2) is 23.1 Å². The van der Waals surface area contributed by atoms with E-state index in [1.165, 1.54) is 6.92 Å². The maximum Gasteiger partial charge on any atom is 0.280 e. The SMILES string of the molecule is Cc1cc(N(C)C)nc(CNS(=O)(=O)c2cc([N+](=O)[O-])c(C)c([N+](=O)[O-])c2)n1. The predicted octanol–water partition coefficient (Wildman–Crippen LogP) is 1.45. The Morgan fingerprint density at radius 2 is 1.57 bits per heavy atom. The second-order valence-electron chi connectivity index (χ2n) is 6.10. The topological polar surface area (TPSA) is 161 Å². The number of sulfonamides is 1. The van der Waals surface area contributed by atoms with Crippen LogP contribution in [0.15, 0.2) is 23.1 Å². The van der Waals surface area contributed by atoms with Gasteiger partial charge in [0.05, 0.1) is 21.3 Å². The van der Waals surface area contributed by atoms with Crippen molar-refractivity contribution in [3.05, 3.63) is 55.5 Å². The number of nitrogens with one attached hydrogen (secondary N) is 1. The van der Waals surface area contributed by atoms with Crippen molar-refractivity contribution >= 4 is 27.2 Å². The summed E-state index contributed by atoms with van der Waals surface area (Å²) in [5.41, 5.74) is -0.923. The Morgan fingerprint density at radius 3 is 2.04 bits per heavy atom. The Morgan fingerprint density at radius 1 is 1.04 bits per heavy atom. The monoisotopic (exact) mass is 410 g/mol. The van der Waals surface area contributed by atoms with E-state index in [0.717, 1.165) is 12.1 Å². The number of rotatable bonds is 7. The highest BCUT2D eigenvalue weighted by Crippen LogP contribution is 2.31. The molecular formula is C15H18N6O6S. The first kappa shape index (κ1) is 21.1. The third-order valence-corrected chi connectivity index (χ3v) is 5.18. The van der Waals surface area contributed by atoms with Crippen LogP contribution in [0.5, 0.6) is 0 Å². The fourth-order valence-corrected chi connectivity index (χ4v) is 3.38. The summed E-state index contributed by atoms with van der Waals surface area (Å²) < 4.78 is 27.3. The van der Waals surface area contributed by atoms with Gasteiger partial charge in [0.2, 0.25) is 10.0 Å². The standard InChI is InChI=1S/C15H18N6O6S/c1-9-5-15(19(3)4)18-14(17-9)8-16-28(26,27)11-6-12(20(22)23)10(2)13(7-11)21(24)25/h5-7,16H,8H2,1-4H3. The summed E-state index contributed by atoms with van der Waals surface area (Å²) in [6, 6.07) is 3.28. The quantitative estimate of drug-likeness (QED) is 0.526. The zero-order valence-electron chi connectivity index (χ0n) is 15.5. The van der Waals surface area contributed by atoms with Crippen LogP contribution in [0.1, 0.15) is 17.1 Å². The predicted molar refractivity (Wildman–Crippen MR) is 99.6 cm³/mol. The van der Waals surface area contributed by atoms with Gasteiger partial charge >= 0.3 is 0 Å². The van der Waals surface area contributed by atoms with Crippen molar-refractivity contribution in [2.75, 3.05) is 19.0 Å². The second-order valence-corrected chi connectivity index (χ2v) is 7.87. The molecule has 0 spiro atoms. The molecule has 12 nitrogen and oxygen atoms in total. The number of aromatic nitrogens is 2. The minimum absolute atomic E-state index is 0.184. The third-order valence-electron chi connectivity index (χ3n) is 3.80. The first-order chi connectivity index (χ1) is 12.9. The van der Waals surface area contributed by atoms with Gasteiger partial charge in [0, 0.05) is 38.0 Å².